The van der Waals surface area contributed by atoms with Gasteiger partial charge in [-0.25, -0.2) is 9.59 Å². The number of carbonyl (C=O) groups excluding carboxylic acids is 1. The summed E-state index contributed by atoms with van der Waals surface area (Å²) in [6.45, 7) is 4.81. The first-order valence-electron chi connectivity index (χ1n) is 13.1. The van der Waals surface area contributed by atoms with Gasteiger partial charge in [0.25, 0.3) is 5.91 Å². The molecular formula is C31H34N4O7. The number of amides is 1. The smallest absolute Gasteiger partial charge is 0.414 e. The van der Waals surface area contributed by atoms with Crippen LogP contribution in [0.4, 0.5) is 5.69 Å². The van der Waals surface area contributed by atoms with Crippen molar-refractivity contribution in [3.05, 3.63) is 83.2 Å². The highest BCUT2D eigenvalue weighted by molar-refractivity contribution is 6.27. The number of ether oxygens (including phenoxy) is 1. The third-order valence-electron chi connectivity index (χ3n) is 6.24. The molecule has 0 aliphatic carbocycles. The van der Waals surface area contributed by atoms with Gasteiger partial charge in [-0.05, 0) is 99.1 Å². The number of nitrogens with zero attached hydrogens (tertiary/aromatic N) is 3. The first-order valence-corrected chi connectivity index (χ1v) is 13.1. The third-order valence-corrected chi connectivity index (χ3v) is 6.24. The predicted molar refractivity (Wildman–Crippen MR) is 158 cm³/mol. The van der Waals surface area contributed by atoms with Gasteiger partial charge in [-0.1, -0.05) is 29.4 Å². The topological polar surface area (TPSA) is 155 Å². The molecule has 42 heavy (non-hydrogen) atoms. The fraction of sp³-hybridized carbons (Fsp3) is 0.258. The van der Waals surface area contributed by atoms with Gasteiger partial charge in [0.2, 0.25) is 11.7 Å². The molecule has 1 amide bonds. The van der Waals surface area contributed by atoms with Gasteiger partial charge in [0, 0.05) is 23.7 Å². The van der Waals surface area contributed by atoms with Crippen molar-refractivity contribution in [1.29, 1.82) is 0 Å². The van der Waals surface area contributed by atoms with Crippen LogP contribution in [-0.2, 0) is 16.0 Å². The molecule has 0 saturated heterocycles. The Morgan fingerprint density at radius 1 is 0.929 bits per heavy atom. The highest BCUT2D eigenvalue weighted by Crippen LogP contribution is 2.28. The van der Waals surface area contributed by atoms with E-state index in [1.807, 2.05) is 67.6 Å². The largest absolute Gasteiger partial charge is 0.496 e. The number of aliphatic carboxylic acids is 2. The summed E-state index contributed by atoms with van der Waals surface area (Å²) >= 11 is 0. The molecule has 3 aromatic carbocycles. The van der Waals surface area contributed by atoms with Crippen molar-refractivity contribution in [2.45, 2.75) is 26.7 Å². The van der Waals surface area contributed by atoms with Crippen LogP contribution in [0.1, 0.15) is 33.8 Å². The number of rotatable bonds is 9. The maximum atomic E-state index is 12.9. The van der Waals surface area contributed by atoms with Gasteiger partial charge in [-0.2, -0.15) is 4.98 Å². The van der Waals surface area contributed by atoms with Crippen molar-refractivity contribution in [2.75, 3.05) is 33.1 Å². The molecule has 0 aliphatic heterocycles. The van der Waals surface area contributed by atoms with Gasteiger partial charge < -0.3 is 29.7 Å². The molecule has 0 saturated carbocycles. The lowest BCUT2D eigenvalue weighted by Crippen LogP contribution is -2.14. The van der Waals surface area contributed by atoms with E-state index in [0.29, 0.717) is 17.3 Å². The summed E-state index contributed by atoms with van der Waals surface area (Å²) < 4.78 is 10.6. The molecule has 4 rings (SSSR count). The number of methoxy groups -OCH3 is 1. The molecule has 0 fully saturated rings. The summed E-state index contributed by atoms with van der Waals surface area (Å²) in [5, 5.41) is 21.8. The van der Waals surface area contributed by atoms with Crippen molar-refractivity contribution in [3.8, 4) is 28.3 Å². The van der Waals surface area contributed by atoms with E-state index in [4.69, 9.17) is 29.1 Å². The van der Waals surface area contributed by atoms with Gasteiger partial charge >= 0.3 is 11.9 Å². The van der Waals surface area contributed by atoms with Crippen LogP contribution in [0.2, 0.25) is 0 Å². The van der Waals surface area contributed by atoms with E-state index in [1.54, 1.807) is 14.0 Å². The minimum absolute atomic E-state index is 0.148. The van der Waals surface area contributed by atoms with Crippen LogP contribution < -0.4 is 10.1 Å². The summed E-state index contributed by atoms with van der Waals surface area (Å²) in [5.74, 6) is -1.84. The molecule has 0 spiro atoms. The standard InChI is InChI=1S/C29H32N4O3.C2H2O4/c1-19-17-24(28-30-20(2)36-32-28)12-14-26(19)21-8-10-22(11-9-21)29(34)31-25-13-15-27(35-5)23(18-25)7-6-16-33(3)4;3-1(4)2(5)6/h8-15,17-18H,6-7,16H2,1-5H3,(H,31,34);(H,3,4)(H,5,6). The number of carbonyl (C=O) groups is 3. The fourth-order valence-corrected chi connectivity index (χ4v) is 4.19. The molecule has 0 unspecified atom stereocenters. The summed E-state index contributed by atoms with van der Waals surface area (Å²) in [7, 11) is 5.80. The van der Waals surface area contributed by atoms with Crippen LogP contribution in [-0.4, -0.2) is 70.8 Å². The van der Waals surface area contributed by atoms with E-state index >= 15 is 0 Å². The molecule has 3 N–H and O–H groups in total. The van der Waals surface area contributed by atoms with Gasteiger partial charge in [0.05, 0.1) is 7.11 Å². The molecule has 0 atom stereocenters. The lowest BCUT2D eigenvalue weighted by Gasteiger charge is -2.14. The molecule has 0 radical (unpaired) electrons. The molecule has 11 heteroatoms. The molecular weight excluding hydrogens is 540 g/mol. The fourth-order valence-electron chi connectivity index (χ4n) is 4.19. The Balaban J connectivity index is 0.000000730. The highest BCUT2D eigenvalue weighted by atomic mass is 16.5. The number of nitrogens with one attached hydrogen (secondary N) is 1. The Kier molecular flexibility index (Phi) is 10.9. The number of aromatic nitrogens is 2. The van der Waals surface area contributed by atoms with E-state index < -0.39 is 11.9 Å². The molecule has 11 nitrogen and oxygen atoms in total. The summed E-state index contributed by atoms with van der Waals surface area (Å²) in [6.07, 6.45) is 1.89. The number of carboxylic acids is 2. The molecule has 0 aliphatic rings. The van der Waals surface area contributed by atoms with Crippen molar-refractivity contribution < 1.29 is 33.9 Å². The van der Waals surface area contributed by atoms with Gasteiger partial charge in [0.1, 0.15) is 5.75 Å². The van der Waals surface area contributed by atoms with Gasteiger partial charge in [0.15, 0.2) is 0 Å². The van der Waals surface area contributed by atoms with Crippen LogP contribution >= 0.6 is 0 Å². The Morgan fingerprint density at radius 3 is 2.14 bits per heavy atom. The van der Waals surface area contributed by atoms with E-state index in [2.05, 4.69) is 34.5 Å². The Hall–Kier alpha value is -5.03. The normalized spacial score (nSPS) is 10.5. The molecule has 0 bridgehead atoms. The quantitative estimate of drug-likeness (QED) is 0.234. The monoisotopic (exact) mass is 574 g/mol. The second-order valence-electron chi connectivity index (χ2n) is 9.74. The average Bonchev–Trinajstić information content (AvgIpc) is 3.39. The summed E-state index contributed by atoms with van der Waals surface area (Å²) in [4.78, 5) is 37.6. The van der Waals surface area contributed by atoms with E-state index in [9.17, 15) is 4.79 Å². The SMILES string of the molecule is COc1ccc(NC(=O)c2ccc(-c3ccc(-c4noc(C)n4)cc3C)cc2)cc1CCCN(C)C.O=C(O)C(=O)O. The zero-order valence-corrected chi connectivity index (χ0v) is 24.2. The number of anilines is 1. The van der Waals surface area contributed by atoms with Gasteiger partial charge in [-0.15, -0.1) is 0 Å². The number of carboxylic acid groups (broad SMARTS) is 2. The maximum absolute atomic E-state index is 12.9. The minimum Gasteiger partial charge on any atom is -0.496 e. The molecule has 1 heterocycles. The van der Waals surface area contributed by atoms with Crippen molar-refractivity contribution in [3.63, 3.8) is 0 Å². The lowest BCUT2D eigenvalue weighted by molar-refractivity contribution is -0.159. The van der Waals surface area contributed by atoms with E-state index in [0.717, 1.165) is 58.6 Å². The molecule has 1 aromatic heterocycles. The second kappa shape index (κ2) is 14.6. The van der Waals surface area contributed by atoms with Crippen molar-refractivity contribution in [2.24, 2.45) is 0 Å². The van der Waals surface area contributed by atoms with Crippen LogP contribution in [0, 0.1) is 13.8 Å². The zero-order chi connectivity index (χ0) is 30.8. The average molecular weight is 575 g/mol. The van der Waals surface area contributed by atoms with Crippen molar-refractivity contribution in [1.82, 2.24) is 15.0 Å². The van der Waals surface area contributed by atoms with Crippen LogP contribution in [0.3, 0.4) is 0 Å². The van der Waals surface area contributed by atoms with Crippen LogP contribution in [0.25, 0.3) is 22.5 Å². The van der Waals surface area contributed by atoms with E-state index in [1.165, 1.54) is 0 Å². The maximum Gasteiger partial charge on any atom is 0.414 e. The lowest BCUT2D eigenvalue weighted by atomic mass is 9.97. The highest BCUT2D eigenvalue weighted by Gasteiger charge is 2.12. The Morgan fingerprint density at radius 2 is 1.60 bits per heavy atom. The Bertz CT molecular complexity index is 1530. The number of hydrogen-bond acceptors (Lipinski definition) is 8. The first-order chi connectivity index (χ1) is 20.0. The minimum atomic E-state index is -1.82. The first kappa shape index (κ1) is 31.5. The zero-order valence-electron chi connectivity index (χ0n) is 24.2. The number of hydrogen-bond donors (Lipinski definition) is 3. The summed E-state index contributed by atoms with van der Waals surface area (Å²) in [6, 6.07) is 19.5. The number of aryl methyl sites for hydroxylation is 3. The van der Waals surface area contributed by atoms with Crippen molar-refractivity contribution >= 4 is 23.5 Å². The second-order valence-corrected chi connectivity index (χ2v) is 9.74. The molecule has 4 aromatic rings. The van der Waals surface area contributed by atoms with Gasteiger partial charge in [-0.3, -0.25) is 4.79 Å². The number of benzene rings is 3. The summed E-state index contributed by atoms with van der Waals surface area (Å²) in [5.41, 5.74) is 6.56. The molecule has 220 valence electrons. The van der Waals surface area contributed by atoms with Crippen LogP contribution in [0.15, 0.2) is 65.2 Å². The van der Waals surface area contributed by atoms with Crippen LogP contribution in [0.5, 0.6) is 5.75 Å². The third kappa shape index (κ3) is 8.73. The predicted octanol–water partition coefficient (Wildman–Crippen LogP) is 4.93. The van der Waals surface area contributed by atoms with E-state index in [-0.39, 0.29) is 5.91 Å². The Labute approximate surface area is 243 Å².